The predicted molar refractivity (Wildman–Crippen MR) is 67.0 cm³/mol. The third-order valence-electron chi connectivity index (χ3n) is 2.64. The first-order chi connectivity index (χ1) is 8.22. The van der Waals surface area contributed by atoms with Crippen molar-refractivity contribution >= 4 is 0 Å². The molecule has 2 N–H and O–H groups in total. The second-order valence-corrected chi connectivity index (χ2v) is 3.94. The number of rotatable bonds is 4. The number of aromatic nitrogens is 2. The van der Waals surface area contributed by atoms with Crippen molar-refractivity contribution in [3.05, 3.63) is 41.7 Å². The van der Waals surface area contributed by atoms with Gasteiger partial charge in [0.1, 0.15) is 5.75 Å². The molecule has 0 fully saturated rings. The van der Waals surface area contributed by atoms with E-state index in [1.165, 1.54) is 0 Å². The van der Waals surface area contributed by atoms with Crippen LogP contribution in [-0.4, -0.2) is 9.78 Å². The highest BCUT2D eigenvalue weighted by Crippen LogP contribution is 2.25. The van der Waals surface area contributed by atoms with Crippen molar-refractivity contribution < 1.29 is 4.74 Å². The van der Waals surface area contributed by atoms with Crippen LogP contribution in [0, 0.1) is 6.92 Å². The van der Waals surface area contributed by atoms with Gasteiger partial charge in [-0.1, -0.05) is 12.1 Å². The van der Waals surface area contributed by atoms with Crippen molar-refractivity contribution in [2.24, 2.45) is 5.73 Å². The highest BCUT2D eigenvalue weighted by Gasteiger charge is 2.04. The van der Waals surface area contributed by atoms with E-state index in [1.807, 2.05) is 42.9 Å². The SMILES string of the molecule is CCn1cc(Oc2ccc(CN)cc2C)cn1. The first kappa shape index (κ1) is 11.7. The van der Waals surface area contributed by atoms with Crippen LogP contribution < -0.4 is 10.5 Å². The molecule has 0 radical (unpaired) electrons. The number of hydrogen-bond donors (Lipinski definition) is 1. The molecule has 90 valence electrons. The molecule has 17 heavy (non-hydrogen) atoms. The lowest BCUT2D eigenvalue weighted by Gasteiger charge is -2.07. The summed E-state index contributed by atoms with van der Waals surface area (Å²) in [4.78, 5) is 0. The lowest BCUT2D eigenvalue weighted by atomic mass is 10.1. The molecule has 0 unspecified atom stereocenters. The molecule has 0 aliphatic rings. The van der Waals surface area contributed by atoms with Crippen molar-refractivity contribution in [3.63, 3.8) is 0 Å². The van der Waals surface area contributed by atoms with Crippen LogP contribution >= 0.6 is 0 Å². The van der Waals surface area contributed by atoms with Crippen molar-refractivity contribution in [3.8, 4) is 11.5 Å². The summed E-state index contributed by atoms with van der Waals surface area (Å²) in [6.45, 7) is 5.44. The van der Waals surface area contributed by atoms with E-state index in [4.69, 9.17) is 10.5 Å². The number of hydrogen-bond acceptors (Lipinski definition) is 3. The molecule has 1 heterocycles. The van der Waals surface area contributed by atoms with Gasteiger partial charge in [0.2, 0.25) is 0 Å². The molecule has 4 nitrogen and oxygen atoms in total. The average molecular weight is 231 g/mol. The highest BCUT2D eigenvalue weighted by molar-refractivity contribution is 5.38. The molecule has 0 spiro atoms. The maximum Gasteiger partial charge on any atom is 0.165 e. The van der Waals surface area contributed by atoms with Gasteiger partial charge in [0, 0.05) is 13.1 Å². The Kier molecular flexibility index (Phi) is 3.44. The smallest absolute Gasteiger partial charge is 0.165 e. The van der Waals surface area contributed by atoms with Crippen molar-refractivity contribution in [1.29, 1.82) is 0 Å². The van der Waals surface area contributed by atoms with Gasteiger partial charge in [0.15, 0.2) is 5.75 Å². The van der Waals surface area contributed by atoms with E-state index in [-0.39, 0.29) is 0 Å². The molecule has 2 aromatic rings. The van der Waals surface area contributed by atoms with Crippen molar-refractivity contribution in [2.75, 3.05) is 0 Å². The zero-order valence-electron chi connectivity index (χ0n) is 10.2. The van der Waals surface area contributed by atoms with Crippen molar-refractivity contribution in [2.45, 2.75) is 26.9 Å². The van der Waals surface area contributed by atoms with Crippen LogP contribution in [0.3, 0.4) is 0 Å². The minimum absolute atomic E-state index is 0.550. The number of benzene rings is 1. The molecule has 1 aromatic carbocycles. The monoisotopic (exact) mass is 231 g/mol. The molecule has 0 amide bonds. The number of ether oxygens (including phenoxy) is 1. The Balaban J connectivity index is 2.18. The number of aryl methyl sites for hydroxylation is 2. The van der Waals surface area contributed by atoms with Crippen LogP contribution in [-0.2, 0) is 13.1 Å². The maximum absolute atomic E-state index is 5.77. The van der Waals surface area contributed by atoms with Gasteiger partial charge in [0.25, 0.3) is 0 Å². The average Bonchev–Trinajstić information content (AvgIpc) is 2.79. The minimum Gasteiger partial charge on any atom is -0.454 e. The number of nitrogens with two attached hydrogens (primary N) is 1. The van der Waals surface area contributed by atoms with Gasteiger partial charge in [-0.2, -0.15) is 5.10 Å². The van der Waals surface area contributed by atoms with Crippen LogP contribution in [0.25, 0.3) is 0 Å². The Morgan fingerprint density at radius 1 is 1.41 bits per heavy atom. The molecule has 0 aliphatic heterocycles. The molecule has 2 rings (SSSR count). The van der Waals surface area contributed by atoms with Gasteiger partial charge in [-0.3, -0.25) is 4.68 Å². The van der Waals surface area contributed by atoms with E-state index in [2.05, 4.69) is 5.10 Å². The van der Waals surface area contributed by atoms with Gasteiger partial charge < -0.3 is 10.5 Å². The molecular weight excluding hydrogens is 214 g/mol. The zero-order valence-corrected chi connectivity index (χ0v) is 10.2. The highest BCUT2D eigenvalue weighted by atomic mass is 16.5. The van der Waals surface area contributed by atoms with E-state index in [9.17, 15) is 0 Å². The third kappa shape index (κ3) is 2.65. The Morgan fingerprint density at radius 3 is 2.82 bits per heavy atom. The predicted octanol–water partition coefficient (Wildman–Crippen LogP) is 2.46. The normalized spacial score (nSPS) is 10.5. The summed E-state index contributed by atoms with van der Waals surface area (Å²) in [7, 11) is 0. The molecule has 4 heteroatoms. The molecule has 0 bridgehead atoms. The molecule has 0 atom stereocenters. The van der Waals surface area contributed by atoms with Crippen LogP contribution in [0.4, 0.5) is 0 Å². The Hall–Kier alpha value is -1.81. The van der Waals surface area contributed by atoms with Crippen molar-refractivity contribution in [1.82, 2.24) is 9.78 Å². The van der Waals surface area contributed by atoms with Gasteiger partial charge >= 0.3 is 0 Å². The van der Waals surface area contributed by atoms with E-state index in [0.717, 1.165) is 29.2 Å². The maximum atomic E-state index is 5.77. The molecule has 0 saturated carbocycles. The molecule has 0 saturated heterocycles. The summed E-state index contributed by atoms with van der Waals surface area (Å²) in [5, 5.41) is 4.17. The fraction of sp³-hybridized carbons (Fsp3) is 0.308. The van der Waals surface area contributed by atoms with Crippen LogP contribution in [0.2, 0.25) is 0 Å². The fourth-order valence-electron chi connectivity index (χ4n) is 1.65. The lowest BCUT2D eigenvalue weighted by Crippen LogP contribution is -1.97. The summed E-state index contributed by atoms with van der Waals surface area (Å²) in [6.07, 6.45) is 3.61. The number of nitrogens with zero attached hydrogens (tertiary/aromatic N) is 2. The molecule has 1 aromatic heterocycles. The van der Waals surface area contributed by atoms with Crippen LogP contribution in [0.15, 0.2) is 30.6 Å². The Morgan fingerprint density at radius 2 is 2.24 bits per heavy atom. The van der Waals surface area contributed by atoms with E-state index in [0.29, 0.717) is 6.54 Å². The topological polar surface area (TPSA) is 53.1 Å². The van der Waals surface area contributed by atoms with Crippen LogP contribution in [0.5, 0.6) is 11.5 Å². The molecule has 0 aliphatic carbocycles. The lowest BCUT2D eigenvalue weighted by molar-refractivity contribution is 0.477. The van der Waals surface area contributed by atoms with E-state index in [1.54, 1.807) is 6.20 Å². The van der Waals surface area contributed by atoms with Gasteiger partial charge in [-0.05, 0) is 31.0 Å². The second-order valence-electron chi connectivity index (χ2n) is 3.94. The summed E-state index contributed by atoms with van der Waals surface area (Å²) >= 11 is 0. The van der Waals surface area contributed by atoms with Gasteiger partial charge in [-0.25, -0.2) is 0 Å². The Bertz CT molecular complexity index is 505. The zero-order chi connectivity index (χ0) is 12.3. The van der Waals surface area contributed by atoms with E-state index >= 15 is 0 Å². The third-order valence-corrected chi connectivity index (χ3v) is 2.64. The summed E-state index contributed by atoms with van der Waals surface area (Å²) in [5.74, 6) is 1.60. The first-order valence-electron chi connectivity index (χ1n) is 5.73. The fourth-order valence-corrected chi connectivity index (χ4v) is 1.65. The summed E-state index contributed by atoms with van der Waals surface area (Å²) in [5.41, 5.74) is 7.78. The quantitative estimate of drug-likeness (QED) is 0.879. The van der Waals surface area contributed by atoms with E-state index < -0.39 is 0 Å². The summed E-state index contributed by atoms with van der Waals surface area (Å²) in [6, 6.07) is 5.97. The largest absolute Gasteiger partial charge is 0.454 e. The van der Waals surface area contributed by atoms with Gasteiger partial charge in [0.05, 0.1) is 12.4 Å². The first-order valence-corrected chi connectivity index (χ1v) is 5.73. The Labute approximate surface area is 101 Å². The second kappa shape index (κ2) is 5.01. The molecular formula is C13H17N3O. The summed E-state index contributed by atoms with van der Waals surface area (Å²) < 4.78 is 7.60. The standard InChI is InChI=1S/C13H17N3O/c1-3-16-9-12(8-15-16)17-13-5-4-11(7-14)6-10(13)2/h4-6,8-9H,3,7,14H2,1-2H3. The minimum atomic E-state index is 0.550. The van der Waals surface area contributed by atoms with Crippen LogP contribution in [0.1, 0.15) is 18.1 Å². The van der Waals surface area contributed by atoms with Gasteiger partial charge in [-0.15, -0.1) is 0 Å².